The summed E-state index contributed by atoms with van der Waals surface area (Å²) < 4.78 is 5.21. The molecule has 1 unspecified atom stereocenters. The fraction of sp³-hybridized carbons (Fsp3) is 0.571. The van der Waals surface area contributed by atoms with Crippen LogP contribution in [0.25, 0.3) is 0 Å². The standard InChI is InChI=1S/C28H44N6O7/c1-20(2)8-6-16-31-28(40)41-19-21-11-13-22(14-12-21)33-26(38)23(9-7-15-30-27(29)39)34-25(37)18-32-24(36)10-4-3-5-17-35/h11-14,17,20,23H,3-10,15-16,18-19H2,1-2H3,(H,31,40)(H,32,36)(H,33,38)(H,34,37)(H3,29,30,39). The number of alkyl carbamates (subject to hydrolysis) is 1. The highest BCUT2D eigenvalue weighted by Crippen LogP contribution is 2.12. The number of nitrogens with one attached hydrogen (secondary N) is 5. The van der Waals surface area contributed by atoms with Gasteiger partial charge in [-0.1, -0.05) is 26.0 Å². The van der Waals surface area contributed by atoms with Gasteiger partial charge in [-0.2, -0.15) is 0 Å². The largest absolute Gasteiger partial charge is 0.445 e. The van der Waals surface area contributed by atoms with Crippen molar-refractivity contribution in [3.05, 3.63) is 29.8 Å². The van der Waals surface area contributed by atoms with Gasteiger partial charge in [-0.05, 0) is 62.1 Å². The van der Waals surface area contributed by atoms with Crippen LogP contribution in [0.4, 0.5) is 15.3 Å². The van der Waals surface area contributed by atoms with Crippen molar-refractivity contribution in [2.45, 2.75) is 77.9 Å². The van der Waals surface area contributed by atoms with Gasteiger partial charge in [-0.25, -0.2) is 9.59 Å². The van der Waals surface area contributed by atoms with Gasteiger partial charge in [0.2, 0.25) is 17.7 Å². The highest BCUT2D eigenvalue weighted by Gasteiger charge is 2.21. The van der Waals surface area contributed by atoms with Crippen LogP contribution in [0.3, 0.4) is 0 Å². The highest BCUT2D eigenvalue weighted by molar-refractivity contribution is 5.97. The molecule has 0 aliphatic carbocycles. The second kappa shape index (κ2) is 20.7. The van der Waals surface area contributed by atoms with Gasteiger partial charge in [0.05, 0.1) is 6.54 Å². The van der Waals surface area contributed by atoms with Gasteiger partial charge in [0.25, 0.3) is 0 Å². The zero-order chi connectivity index (χ0) is 30.5. The molecule has 228 valence electrons. The minimum atomic E-state index is -0.941. The number of hydrogen-bond acceptors (Lipinski definition) is 7. The highest BCUT2D eigenvalue weighted by atomic mass is 16.5. The van der Waals surface area contributed by atoms with Crippen LogP contribution in [0.5, 0.6) is 0 Å². The number of aldehydes is 1. The molecule has 1 atom stereocenters. The molecule has 7 N–H and O–H groups in total. The predicted molar refractivity (Wildman–Crippen MR) is 154 cm³/mol. The average Bonchev–Trinajstić information content (AvgIpc) is 2.93. The van der Waals surface area contributed by atoms with E-state index >= 15 is 0 Å². The van der Waals surface area contributed by atoms with Crippen molar-refractivity contribution < 1.29 is 33.5 Å². The summed E-state index contributed by atoms with van der Waals surface area (Å²) >= 11 is 0. The Morgan fingerprint density at radius 3 is 2.22 bits per heavy atom. The van der Waals surface area contributed by atoms with Gasteiger partial charge in [-0.3, -0.25) is 14.4 Å². The van der Waals surface area contributed by atoms with E-state index in [0.717, 1.165) is 24.7 Å². The summed E-state index contributed by atoms with van der Waals surface area (Å²) in [5.74, 6) is -0.794. The molecular weight excluding hydrogens is 532 g/mol. The summed E-state index contributed by atoms with van der Waals surface area (Å²) in [6.07, 6.45) is 4.43. The summed E-state index contributed by atoms with van der Waals surface area (Å²) in [6.45, 7) is 4.76. The number of amides is 6. The Labute approximate surface area is 241 Å². The molecule has 0 heterocycles. The summed E-state index contributed by atoms with van der Waals surface area (Å²) in [7, 11) is 0. The molecule has 0 aromatic heterocycles. The van der Waals surface area contributed by atoms with Crippen LogP contribution in [0.1, 0.15) is 70.8 Å². The maximum atomic E-state index is 13.0. The van der Waals surface area contributed by atoms with Gasteiger partial charge >= 0.3 is 12.1 Å². The molecule has 1 aromatic carbocycles. The van der Waals surface area contributed by atoms with Crippen LogP contribution >= 0.6 is 0 Å². The smallest absolute Gasteiger partial charge is 0.407 e. The summed E-state index contributed by atoms with van der Waals surface area (Å²) in [4.78, 5) is 70.4. The summed E-state index contributed by atoms with van der Waals surface area (Å²) in [5.41, 5.74) is 6.27. The van der Waals surface area contributed by atoms with Crippen molar-refractivity contribution in [2.75, 3.05) is 25.0 Å². The van der Waals surface area contributed by atoms with Crippen LogP contribution in [-0.2, 0) is 30.5 Å². The second-order valence-corrected chi connectivity index (χ2v) is 9.97. The molecule has 13 heteroatoms. The average molecular weight is 577 g/mol. The molecule has 0 fully saturated rings. The van der Waals surface area contributed by atoms with Crippen LogP contribution in [0.15, 0.2) is 24.3 Å². The van der Waals surface area contributed by atoms with Crippen molar-refractivity contribution >= 4 is 41.8 Å². The fourth-order valence-corrected chi connectivity index (χ4v) is 3.63. The fourth-order valence-electron chi connectivity index (χ4n) is 3.63. The van der Waals surface area contributed by atoms with E-state index < -0.39 is 30.0 Å². The Morgan fingerprint density at radius 1 is 0.878 bits per heavy atom. The van der Waals surface area contributed by atoms with Crippen molar-refractivity contribution in [1.82, 2.24) is 21.3 Å². The molecule has 0 saturated heterocycles. The molecule has 6 amide bonds. The van der Waals surface area contributed by atoms with E-state index in [2.05, 4.69) is 40.4 Å². The van der Waals surface area contributed by atoms with E-state index in [-0.39, 0.29) is 38.4 Å². The zero-order valence-electron chi connectivity index (χ0n) is 24.0. The molecule has 1 rings (SSSR count). The van der Waals surface area contributed by atoms with Crippen LogP contribution in [-0.4, -0.2) is 61.8 Å². The number of carbonyl (C=O) groups is 6. The SMILES string of the molecule is CC(C)CCCNC(=O)OCc1ccc(NC(=O)C(CCCNC(N)=O)NC(=O)CNC(=O)CCCCC=O)cc1. The number of urea groups is 1. The molecule has 1 aromatic rings. The van der Waals surface area contributed by atoms with Crippen molar-refractivity contribution in [3.63, 3.8) is 0 Å². The van der Waals surface area contributed by atoms with Crippen LogP contribution in [0.2, 0.25) is 0 Å². The first-order valence-corrected chi connectivity index (χ1v) is 13.9. The van der Waals surface area contributed by atoms with Crippen molar-refractivity contribution in [2.24, 2.45) is 11.7 Å². The Hall–Kier alpha value is -4.16. The normalized spacial score (nSPS) is 11.2. The molecule has 0 aliphatic rings. The minimum Gasteiger partial charge on any atom is -0.445 e. The molecule has 0 bridgehead atoms. The third kappa shape index (κ3) is 17.9. The second-order valence-electron chi connectivity index (χ2n) is 9.97. The van der Waals surface area contributed by atoms with E-state index in [1.54, 1.807) is 24.3 Å². The van der Waals surface area contributed by atoms with E-state index in [4.69, 9.17) is 10.5 Å². The minimum absolute atomic E-state index is 0.0680. The molecule has 13 nitrogen and oxygen atoms in total. The van der Waals surface area contributed by atoms with Crippen LogP contribution in [0, 0.1) is 5.92 Å². The van der Waals surface area contributed by atoms with Gasteiger partial charge in [0, 0.05) is 31.6 Å². The van der Waals surface area contributed by atoms with E-state index in [1.807, 2.05) is 0 Å². The van der Waals surface area contributed by atoms with Gasteiger partial charge < -0.3 is 41.8 Å². The molecule has 0 saturated carbocycles. The van der Waals surface area contributed by atoms with E-state index in [9.17, 15) is 28.8 Å². The number of nitrogens with two attached hydrogens (primary N) is 1. The van der Waals surface area contributed by atoms with E-state index in [0.29, 0.717) is 43.8 Å². The number of benzene rings is 1. The summed E-state index contributed by atoms with van der Waals surface area (Å²) in [5, 5.41) is 13.0. The number of hydrogen-bond donors (Lipinski definition) is 6. The number of ether oxygens (including phenoxy) is 1. The number of primary amides is 1. The van der Waals surface area contributed by atoms with Gasteiger partial charge in [0.15, 0.2) is 0 Å². The van der Waals surface area contributed by atoms with Crippen LogP contribution < -0.4 is 32.3 Å². The predicted octanol–water partition coefficient (Wildman–Crippen LogP) is 2.10. The lowest BCUT2D eigenvalue weighted by molar-refractivity contribution is -0.128. The monoisotopic (exact) mass is 576 g/mol. The van der Waals surface area contributed by atoms with Crippen molar-refractivity contribution in [1.29, 1.82) is 0 Å². The maximum absolute atomic E-state index is 13.0. The quantitative estimate of drug-likeness (QED) is 0.101. The third-order valence-electron chi connectivity index (χ3n) is 5.86. The number of anilines is 1. The lowest BCUT2D eigenvalue weighted by Crippen LogP contribution is -2.47. The summed E-state index contributed by atoms with van der Waals surface area (Å²) in [6, 6.07) is 5.07. The number of unbranched alkanes of at least 4 members (excludes halogenated alkanes) is 2. The first-order chi connectivity index (χ1) is 19.6. The maximum Gasteiger partial charge on any atom is 0.407 e. The molecule has 0 radical (unpaired) electrons. The Bertz CT molecular complexity index is 985. The molecule has 41 heavy (non-hydrogen) atoms. The first-order valence-electron chi connectivity index (χ1n) is 13.9. The molecule has 0 aliphatic heterocycles. The zero-order valence-corrected chi connectivity index (χ0v) is 24.0. The van der Waals surface area contributed by atoms with Crippen molar-refractivity contribution in [3.8, 4) is 0 Å². The first kappa shape index (κ1) is 34.9. The molecular formula is C28H44N6O7. The number of carbonyl (C=O) groups excluding carboxylic acids is 6. The Kier molecular flexibility index (Phi) is 17.6. The number of rotatable bonds is 20. The third-order valence-corrected chi connectivity index (χ3v) is 5.86. The lowest BCUT2D eigenvalue weighted by Gasteiger charge is -2.19. The Morgan fingerprint density at radius 2 is 1.56 bits per heavy atom. The van der Waals surface area contributed by atoms with Gasteiger partial charge in [-0.15, -0.1) is 0 Å². The van der Waals surface area contributed by atoms with Gasteiger partial charge in [0.1, 0.15) is 18.9 Å². The topological polar surface area (TPSA) is 198 Å². The Balaban J connectivity index is 2.59. The van der Waals surface area contributed by atoms with E-state index in [1.165, 1.54) is 0 Å². The molecule has 0 spiro atoms. The lowest BCUT2D eigenvalue weighted by atomic mass is 10.1.